The Morgan fingerprint density at radius 2 is 1.93 bits per heavy atom. The van der Waals surface area contributed by atoms with Crippen LogP contribution in [0.4, 0.5) is 33.5 Å². The first-order chi connectivity index (χ1) is 13.7. The third kappa shape index (κ3) is 4.80. The molecule has 0 radical (unpaired) electrons. The number of nitrogens with one attached hydrogen (secondary N) is 2. The Labute approximate surface area is 170 Å². The summed E-state index contributed by atoms with van der Waals surface area (Å²) in [5.41, 5.74) is 6.01. The van der Waals surface area contributed by atoms with E-state index in [9.17, 15) is 12.8 Å². The largest absolute Gasteiger partial charge is 0.493 e. The molecule has 0 saturated heterocycles. The van der Waals surface area contributed by atoms with Crippen LogP contribution in [-0.4, -0.2) is 30.5 Å². The van der Waals surface area contributed by atoms with Crippen LogP contribution in [0.2, 0.25) is 5.02 Å². The summed E-state index contributed by atoms with van der Waals surface area (Å²) in [6.45, 7) is 0. The number of rotatable bonds is 6. The Morgan fingerprint density at radius 1 is 1.17 bits per heavy atom. The van der Waals surface area contributed by atoms with Gasteiger partial charge in [-0.1, -0.05) is 11.6 Å². The monoisotopic (exact) mass is 439 g/mol. The van der Waals surface area contributed by atoms with Crippen LogP contribution in [0, 0.1) is 5.82 Å². The van der Waals surface area contributed by atoms with E-state index in [1.54, 1.807) is 6.07 Å². The Hall–Kier alpha value is -3.22. The van der Waals surface area contributed by atoms with Crippen molar-refractivity contribution in [2.24, 2.45) is 5.14 Å². The molecule has 0 saturated carbocycles. The number of nitrogens with zero attached hydrogens (tertiary/aromatic N) is 3. The Kier molecular flexibility index (Phi) is 5.68. The molecule has 3 rings (SSSR count). The molecule has 3 aromatic rings. The summed E-state index contributed by atoms with van der Waals surface area (Å²) in [7, 11) is -2.58. The molecular formula is C16H15ClFN7O3S. The van der Waals surface area contributed by atoms with Crippen molar-refractivity contribution in [3.05, 3.63) is 47.4 Å². The number of sulfonamides is 1. The molecule has 0 fully saturated rings. The number of halogens is 2. The summed E-state index contributed by atoms with van der Waals surface area (Å²) in [5, 5.41) is 10.5. The third-order valence-electron chi connectivity index (χ3n) is 3.59. The van der Waals surface area contributed by atoms with Gasteiger partial charge in [0.15, 0.2) is 23.2 Å². The highest BCUT2D eigenvalue weighted by Gasteiger charge is 2.15. The van der Waals surface area contributed by atoms with Crippen molar-refractivity contribution < 1.29 is 17.5 Å². The summed E-state index contributed by atoms with van der Waals surface area (Å²) in [6.07, 6.45) is 0.932. The van der Waals surface area contributed by atoms with Crippen LogP contribution in [-0.2, 0) is 10.0 Å². The number of primary sulfonamides is 1. The minimum Gasteiger partial charge on any atom is -0.493 e. The van der Waals surface area contributed by atoms with Gasteiger partial charge in [0.1, 0.15) is 10.7 Å². The summed E-state index contributed by atoms with van der Waals surface area (Å²) >= 11 is 5.85. The fourth-order valence-electron chi connectivity index (χ4n) is 2.27. The van der Waals surface area contributed by atoms with Crippen LogP contribution in [0.5, 0.6) is 5.75 Å². The molecule has 0 atom stereocenters. The van der Waals surface area contributed by atoms with E-state index in [4.69, 9.17) is 27.2 Å². The second-order valence-electron chi connectivity index (χ2n) is 5.61. The molecule has 2 heterocycles. The molecule has 6 N–H and O–H groups in total. The molecule has 152 valence electrons. The van der Waals surface area contributed by atoms with Crippen LogP contribution in [0.25, 0.3) is 0 Å². The van der Waals surface area contributed by atoms with E-state index >= 15 is 0 Å². The summed E-state index contributed by atoms with van der Waals surface area (Å²) in [5.74, 6) is -0.224. The Bertz CT molecular complexity index is 1180. The highest BCUT2D eigenvalue weighted by atomic mass is 35.5. The van der Waals surface area contributed by atoms with Crippen molar-refractivity contribution in [2.75, 3.05) is 23.5 Å². The van der Waals surface area contributed by atoms with Crippen LogP contribution in [0.1, 0.15) is 0 Å². The second-order valence-corrected chi connectivity index (χ2v) is 7.55. The highest BCUT2D eigenvalue weighted by molar-refractivity contribution is 7.89. The van der Waals surface area contributed by atoms with Gasteiger partial charge < -0.3 is 21.1 Å². The van der Waals surface area contributed by atoms with Crippen LogP contribution in [0.15, 0.2) is 41.4 Å². The standard InChI is InChI=1S/C16H15ClFN7O3S/c1-28-11-4-5-13(23-14(11)19)24-15-10(18)7-21-16(25-15)22-8-2-3-9(17)12(6-8)29(20,26)27/h2-7H,1H3,(H2,20,26,27)(H4,19,21,22,23,24,25). The summed E-state index contributed by atoms with van der Waals surface area (Å²) in [6, 6.07) is 7.13. The van der Waals surface area contributed by atoms with Crippen LogP contribution < -0.4 is 26.2 Å². The van der Waals surface area contributed by atoms with Crippen molar-refractivity contribution in [3.8, 4) is 5.75 Å². The molecule has 0 aliphatic carbocycles. The molecule has 0 spiro atoms. The predicted molar refractivity (Wildman–Crippen MR) is 107 cm³/mol. The van der Waals surface area contributed by atoms with Crippen molar-refractivity contribution in [2.45, 2.75) is 4.90 Å². The molecule has 10 nitrogen and oxygen atoms in total. The lowest BCUT2D eigenvalue weighted by Crippen LogP contribution is -2.13. The maximum atomic E-state index is 14.1. The van der Waals surface area contributed by atoms with Crippen molar-refractivity contribution in [3.63, 3.8) is 0 Å². The van der Waals surface area contributed by atoms with Gasteiger partial charge in [0.25, 0.3) is 0 Å². The number of aromatic nitrogens is 3. The van der Waals surface area contributed by atoms with Crippen LogP contribution in [0.3, 0.4) is 0 Å². The zero-order valence-corrected chi connectivity index (χ0v) is 16.4. The predicted octanol–water partition coefficient (Wildman–Crippen LogP) is 2.39. The summed E-state index contributed by atoms with van der Waals surface area (Å²) in [4.78, 5) is 11.6. The minimum absolute atomic E-state index is 0.0157. The lowest BCUT2D eigenvalue weighted by atomic mass is 10.3. The van der Waals surface area contributed by atoms with Gasteiger partial charge in [0, 0.05) is 5.69 Å². The van der Waals surface area contributed by atoms with Gasteiger partial charge in [-0.15, -0.1) is 0 Å². The number of methoxy groups -OCH3 is 1. The third-order valence-corrected chi connectivity index (χ3v) is 4.98. The first kappa shape index (κ1) is 20.5. The van der Waals surface area contributed by atoms with E-state index < -0.39 is 15.8 Å². The number of hydrogen-bond donors (Lipinski definition) is 4. The van der Waals surface area contributed by atoms with Gasteiger partial charge >= 0.3 is 0 Å². The fourth-order valence-corrected chi connectivity index (χ4v) is 3.34. The number of pyridine rings is 1. The molecule has 0 amide bonds. The maximum absolute atomic E-state index is 14.1. The van der Waals surface area contributed by atoms with Crippen molar-refractivity contribution in [1.29, 1.82) is 0 Å². The van der Waals surface area contributed by atoms with Gasteiger partial charge in [-0.3, -0.25) is 0 Å². The Morgan fingerprint density at radius 3 is 2.59 bits per heavy atom. The smallest absolute Gasteiger partial charge is 0.239 e. The molecule has 2 aromatic heterocycles. The van der Waals surface area contributed by atoms with E-state index in [0.29, 0.717) is 5.75 Å². The lowest BCUT2D eigenvalue weighted by Gasteiger charge is -2.11. The number of nitrogens with two attached hydrogens (primary N) is 2. The number of nitrogen functional groups attached to an aromatic ring is 1. The molecule has 29 heavy (non-hydrogen) atoms. The fraction of sp³-hybridized carbons (Fsp3) is 0.0625. The molecule has 1 aromatic carbocycles. The van der Waals surface area contributed by atoms with E-state index in [0.717, 1.165) is 6.20 Å². The van der Waals surface area contributed by atoms with Crippen molar-refractivity contribution >= 4 is 50.7 Å². The molecule has 0 bridgehead atoms. The van der Waals surface area contributed by atoms with E-state index in [1.165, 1.54) is 31.4 Å². The zero-order valence-electron chi connectivity index (χ0n) is 14.8. The SMILES string of the molecule is COc1ccc(Nc2nc(Nc3ccc(Cl)c(S(N)(=O)=O)c3)ncc2F)nc1N. The molecule has 13 heteroatoms. The lowest BCUT2D eigenvalue weighted by molar-refractivity contribution is 0.415. The number of benzene rings is 1. The van der Waals surface area contributed by atoms with Crippen molar-refractivity contribution in [1.82, 2.24) is 15.0 Å². The second kappa shape index (κ2) is 8.03. The average Bonchev–Trinajstić information content (AvgIpc) is 2.65. The average molecular weight is 440 g/mol. The zero-order chi connectivity index (χ0) is 21.2. The first-order valence-electron chi connectivity index (χ1n) is 7.87. The molecule has 0 aliphatic rings. The van der Waals surface area contributed by atoms with Gasteiger partial charge in [0.2, 0.25) is 16.0 Å². The van der Waals surface area contributed by atoms with E-state index in [2.05, 4.69) is 25.6 Å². The molecule has 0 unspecified atom stereocenters. The quantitative estimate of drug-likeness (QED) is 0.452. The first-order valence-corrected chi connectivity index (χ1v) is 9.79. The minimum atomic E-state index is -4.03. The van der Waals surface area contributed by atoms with E-state index in [1.807, 2.05) is 0 Å². The normalized spacial score (nSPS) is 11.2. The number of anilines is 5. The van der Waals surface area contributed by atoms with Crippen LogP contribution >= 0.6 is 11.6 Å². The molecule has 0 aliphatic heterocycles. The maximum Gasteiger partial charge on any atom is 0.239 e. The van der Waals surface area contributed by atoms with Gasteiger partial charge in [0.05, 0.1) is 18.3 Å². The Balaban J connectivity index is 1.87. The molecular weight excluding hydrogens is 425 g/mol. The highest BCUT2D eigenvalue weighted by Crippen LogP contribution is 2.27. The van der Waals surface area contributed by atoms with Gasteiger partial charge in [-0.25, -0.2) is 27.9 Å². The van der Waals surface area contributed by atoms with Gasteiger partial charge in [-0.2, -0.15) is 4.98 Å². The summed E-state index contributed by atoms with van der Waals surface area (Å²) < 4.78 is 42.3. The number of hydrogen-bond acceptors (Lipinski definition) is 9. The number of ether oxygens (including phenoxy) is 1. The van der Waals surface area contributed by atoms with Gasteiger partial charge in [-0.05, 0) is 30.3 Å². The van der Waals surface area contributed by atoms with E-state index in [-0.39, 0.29) is 39.0 Å². The topological polar surface area (TPSA) is 158 Å².